The van der Waals surface area contributed by atoms with Gasteiger partial charge in [0.2, 0.25) is 11.8 Å². The normalized spacial score (nSPS) is 28.6. The molecule has 3 aromatic rings. The van der Waals surface area contributed by atoms with Crippen LogP contribution in [0.3, 0.4) is 0 Å². The Bertz CT molecular complexity index is 2280. The highest BCUT2D eigenvalue weighted by Gasteiger charge is 2.67. The molecule has 0 aromatic heterocycles. The first kappa shape index (κ1) is 39.5. The van der Waals surface area contributed by atoms with E-state index in [0.29, 0.717) is 48.2 Å². The van der Waals surface area contributed by atoms with Gasteiger partial charge < -0.3 is 24.2 Å². The molecular weight excluding hydrogens is 778 g/mol. The minimum absolute atomic E-state index is 0.00753. The average Bonchev–Trinajstić information content (AvgIpc) is 3.98. The SMILES string of the molecule is CC1(C)C(Oc2ccc(C#N)c(Cl)c2)C(C)(C)C1N1Cc2cc(N3CCN(CC4CCN(c5ccc6c(c5)CN(C5CCC(=O)NC5=O)C5OC65)CC4)CC3)ccc2C1=O. The standard InChI is InChI=1S/C47H54ClN7O5/c1-46(2)44(47(3,4)45(46)59-34-8-5-29(24-49)37(48)23-34)55-27-31-22-33(7-10-36(31)42(55)58)53-19-17-51(18-20-53)25-28-13-15-52(16-14-28)32-6-9-35-30(21-32)26-54(43-40(35)60-43)38-11-12-39(56)50-41(38)57/h5-10,21-23,28,38,40,43-45H,11-20,25-27H2,1-4H3,(H,50,56,57). The molecule has 314 valence electrons. The lowest BCUT2D eigenvalue weighted by molar-refractivity contribution is -0.199. The van der Waals surface area contributed by atoms with E-state index in [9.17, 15) is 19.6 Å². The van der Waals surface area contributed by atoms with Gasteiger partial charge in [0.15, 0.2) is 0 Å². The number of ether oxygens (including phenoxy) is 2. The number of hydrogen-bond donors (Lipinski definition) is 1. The van der Waals surface area contributed by atoms with Gasteiger partial charge in [-0.05, 0) is 84.3 Å². The summed E-state index contributed by atoms with van der Waals surface area (Å²) in [5, 5.41) is 12.2. The highest BCUT2D eigenvalue weighted by atomic mass is 35.5. The van der Waals surface area contributed by atoms with Crippen LogP contribution in [0.4, 0.5) is 11.4 Å². The average molecular weight is 832 g/mol. The third kappa shape index (κ3) is 6.73. The fourth-order valence-corrected chi connectivity index (χ4v) is 12.2. The van der Waals surface area contributed by atoms with Gasteiger partial charge in [-0.25, -0.2) is 0 Å². The summed E-state index contributed by atoms with van der Waals surface area (Å²) in [5.41, 5.74) is 6.58. The minimum atomic E-state index is -0.324. The maximum absolute atomic E-state index is 13.9. The van der Waals surface area contributed by atoms with Crippen LogP contribution in [0, 0.1) is 28.1 Å². The Morgan fingerprint density at radius 2 is 1.55 bits per heavy atom. The molecule has 4 saturated heterocycles. The number of amides is 3. The molecule has 0 spiro atoms. The summed E-state index contributed by atoms with van der Waals surface area (Å²) in [6.07, 6.45) is 3.02. The van der Waals surface area contributed by atoms with Crippen LogP contribution in [-0.2, 0) is 27.4 Å². The number of piperazine rings is 1. The lowest BCUT2D eigenvalue weighted by Crippen LogP contribution is -2.74. The Kier molecular flexibility index (Phi) is 9.71. The zero-order valence-corrected chi connectivity index (χ0v) is 35.7. The number of piperidine rings is 2. The van der Waals surface area contributed by atoms with Crippen molar-refractivity contribution in [2.75, 3.05) is 55.6 Å². The molecule has 3 unspecified atom stereocenters. The van der Waals surface area contributed by atoms with Crippen molar-refractivity contribution in [1.82, 2.24) is 20.0 Å². The number of benzene rings is 3. The lowest BCUT2D eigenvalue weighted by atomic mass is 9.49. The molecule has 6 heterocycles. The second-order valence-corrected chi connectivity index (χ2v) is 19.7. The largest absolute Gasteiger partial charge is 0.489 e. The number of fused-ring (bicyclic) bond motifs is 4. The van der Waals surface area contributed by atoms with E-state index in [1.807, 2.05) is 6.07 Å². The number of nitrogens with zero attached hydrogens (tertiary/aromatic N) is 6. The van der Waals surface area contributed by atoms with E-state index in [0.717, 1.165) is 69.8 Å². The zero-order chi connectivity index (χ0) is 41.7. The predicted molar refractivity (Wildman–Crippen MR) is 228 cm³/mol. The first-order valence-corrected chi connectivity index (χ1v) is 22.1. The molecule has 0 radical (unpaired) electrons. The van der Waals surface area contributed by atoms with Crippen LogP contribution in [0.5, 0.6) is 5.75 Å². The third-order valence-corrected chi connectivity index (χ3v) is 15.0. The number of epoxide rings is 1. The van der Waals surface area contributed by atoms with E-state index in [4.69, 9.17) is 21.1 Å². The fraction of sp³-hybridized carbons (Fsp3) is 0.532. The fourth-order valence-electron chi connectivity index (χ4n) is 12.0. The number of nitriles is 1. The first-order valence-electron chi connectivity index (χ1n) is 21.7. The van der Waals surface area contributed by atoms with E-state index in [1.165, 1.54) is 22.5 Å². The van der Waals surface area contributed by atoms with Gasteiger partial charge in [0.05, 0.1) is 16.6 Å². The molecule has 3 amide bonds. The first-order chi connectivity index (χ1) is 28.8. The van der Waals surface area contributed by atoms with Crippen LogP contribution in [0.15, 0.2) is 54.6 Å². The van der Waals surface area contributed by atoms with Gasteiger partial charge in [0, 0.05) is 105 Å². The molecule has 3 atom stereocenters. The Morgan fingerprint density at radius 1 is 0.850 bits per heavy atom. The van der Waals surface area contributed by atoms with Crippen molar-refractivity contribution in [3.8, 4) is 11.8 Å². The van der Waals surface area contributed by atoms with Crippen LogP contribution >= 0.6 is 11.6 Å². The smallest absolute Gasteiger partial charge is 0.254 e. The van der Waals surface area contributed by atoms with Crippen molar-refractivity contribution in [3.05, 3.63) is 87.4 Å². The number of halogens is 1. The highest BCUT2D eigenvalue weighted by molar-refractivity contribution is 6.31. The Hall–Kier alpha value is -4.67. The van der Waals surface area contributed by atoms with Crippen molar-refractivity contribution in [2.45, 2.75) is 97.0 Å². The van der Waals surface area contributed by atoms with Crippen molar-refractivity contribution in [2.24, 2.45) is 16.7 Å². The van der Waals surface area contributed by atoms with Crippen LogP contribution in [-0.4, -0.2) is 103 Å². The van der Waals surface area contributed by atoms with E-state index in [1.54, 1.807) is 18.2 Å². The van der Waals surface area contributed by atoms with Crippen molar-refractivity contribution in [1.29, 1.82) is 5.26 Å². The van der Waals surface area contributed by atoms with Gasteiger partial charge in [-0.15, -0.1) is 0 Å². The number of imide groups is 1. The molecule has 1 saturated carbocycles. The van der Waals surface area contributed by atoms with E-state index in [-0.39, 0.29) is 59.1 Å². The van der Waals surface area contributed by atoms with Crippen LogP contribution in [0.1, 0.15) is 92.1 Å². The minimum Gasteiger partial charge on any atom is -0.489 e. The molecule has 12 nitrogen and oxygen atoms in total. The number of rotatable bonds is 8. The number of anilines is 2. The maximum atomic E-state index is 13.9. The summed E-state index contributed by atoms with van der Waals surface area (Å²) < 4.78 is 12.6. The summed E-state index contributed by atoms with van der Waals surface area (Å²) >= 11 is 6.32. The van der Waals surface area contributed by atoms with Gasteiger partial charge in [-0.1, -0.05) is 45.4 Å². The zero-order valence-electron chi connectivity index (χ0n) is 35.0. The van der Waals surface area contributed by atoms with Crippen molar-refractivity contribution < 1.29 is 23.9 Å². The van der Waals surface area contributed by atoms with Gasteiger partial charge >= 0.3 is 0 Å². The number of carbonyl (C=O) groups excluding carboxylic acids is 3. The van der Waals surface area contributed by atoms with Gasteiger partial charge in [0.25, 0.3) is 5.91 Å². The van der Waals surface area contributed by atoms with Gasteiger partial charge in [-0.3, -0.25) is 29.5 Å². The van der Waals surface area contributed by atoms with Gasteiger partial charge in [-0.2, -0.15) is 5.26 Å². The Balaban J connectivity index is 0.712. The molecule has 3 aromatic carbocycles. The van der Waals surface area contributed by atoms with Crippen LogP contribution < -0.4 is 19.9 Å². The summed E-state index contributed by atoms with van der Waals surface area (Å²) in [6, 6.07) is 20.1. The maximum Gasteiger partial charge on any atom is 0.254 e. The van der Waals surface area contributed by atoms with Crippen LogP contribution in [0.2, 0.25) is 5.02 Å². The quantitative estimate of drug-likeness (QED) is 0.210. The summed E-state index contributed by atoms with van der Waals surface area (Å²) in [4.78, 5) is 50.2. The third-order valence-electron chi connectivity index (χ3n) is 14.7. The molecule has 7 aliphatic rings. The van der Waals surface area contributed by atoms with E-state index >= 15 is 0 Å². The van der Waals surface area contributed by atoms with E-state index in [2.05, 4.69) is 93.9 Å². The Labute approximate surface area is 357 Å². The topological polar surface area (TPSA) is 125 Å². The monoisotopic (exact) mass is 831 g/mol. The molecular formula is C47H54ClN7O5. The molecule has 13 heteroatoms. The van der Waals surface area contributed by atoms with Crippen molar-refractivity contribution >= 4 is 40.7 Å². The molecule has 10 rings (SSSR count). The molecule has 1 aliphatic carbocycles. The molecule has 60 heavy (non-hydrogen) atoms. The number of hydrogen-bond acceptors (Lipinski definition) is 10. The lowest BCUT2D eigenvalue weighted by Gasteiger charge is -2.65. The number of carbonyl (C=O) groups is 3. The molecule has 5 fully saturated rings. The Morgan fingerprint density at radius 3 is 2.25 bits per heavy atom. The van der Waals surface area contributed by atoms with Crippen LogP contribution in [0.25, 0.3) is 0 Å². The summed E-state index contributed by atoms with van der Waals surface area (Å²) in [5.74, 6) is 0.995. The molecule has 0 bridgehead atoms. The molecule has 1 N–H and O–H groups in total. The van der Waals surface area contributed by atoms with Gasteiger partial charge in [0.1, 0.15) is 30.3 Å². The summed E-state index contributed by atoms with van der Waals surface area (Å²) in [6.45, 7) is 17.1. The van der Waals surface area contributed by atoms with Crippen molar-refractivity contribution in [3.63, 3.8) is 0 Å². The van der Waals surface area contributed by atoms with E-state index < -0.39 is 0 Å². The summed E-state index contributed by atoms with van der Waals surface area (Å²) in [7, 11) is 0. The second-order valence-electron chi connectivity index (χ2n) is 19.3. The highest BCUT2D eigenvalue weighted by Crippen LogP contribution is 2.59. The molecule has 6 aliphatic heterocycles. The second kappa shape index (κ2) is 14.8. The number of nitrogens with one attached hydrogen (secondary N) is 1. The predicted octanol–water partition coefficient (Wildman–Crippen LogP) is 6.11.